The highest BCUT2D eigenvalue weighted by Gasteiger charge is 2.34. The summed E-state index contributed by atoms with van der Waals surface area (Å²) in [4.78, 5) is 14.8. The van der Waals surface area contributed by atoms with Gasteiger partial charge in [-0.05, 0) is 81.5 Å². The van der Waals surface area contributed by atoms with Gasteiger partial charge in [-0.25, -0.2) is 0 Å². The van der Waals surface area contributed by atoms with Crippen molar-refractivity contribution >= 4 is 11.5 Å². The SMILES string of the molecule is CCN(CC)C(=O)c1ccc2c(c1)Oc1ccc(OC)cc1C2=C1CC2CCC(C1)N2. The van der Waals surface area contributed by atoms with Gasteiger partial charge >= 0.3 is 0 Å². The van der Waals surface area contributed by atoms with Crippen LogP contribution in [0, 0.1) is 0 Å². The number of methoxy groups -OCH3 is 1. The van der Waals surface area contributed by atoms with Gasteiger partial charge in [-0.1, -0.05) is 5.57 Å². The molecular formula is C26H30N2O3. The van der Waals surface area contributed by atoms with Gasteiger partial charge in [0.15, 0.2) is 0 Å². The number of fused-ring (bicyclic) bond motifs is 4. The molecule has 0 aromatic heterocycles. The van der Waals surface area contributed by atoms with E-state index in [1.54, 1.807) is 7.11 Å². The summed E-state index contributed by atoms with van der Waals surface area (Å²) in [5.74, 6) is 2.47. The molecule has 31 heavy (non-hydrogen) atoms. The van der Waals surface area contributed by atoms with E-state index in [0.717, 1.165) is 41.2 Å². The van der Waals surface area contributed by atoms with Gasteiger partial charge in [0, 0.05) is 41.9 Å². The molecule has 0 radical (unpaired) electrons. The third-order valence-corrected chi connectivity index (χ3v) is 6.90. The van der Waals surface area contributed by atoms with E-state index in [9.17, 15) is 4.79 Å². The Balaban J connectivity index is 1.64. The minimum atomic E-state index is 0.0473. The van der Waals surface area contributed by atoms with Crippen LogP contribution < -0.4 is 14.8 Å². The van der Waals surface area contributed by atoms with Gasteiger partial charge < -0.3 is 19.7 Å². The smallest absolute Gasteiger partial charge is 0.253 e. The molecule has 5 heteroatoms. The minimum absolute atomic E-state index is 0.0473. The van der Waals surface area contributed by atoms with Crippen LogP contribution in [0.2, 0.25) is 0 Å². The van der Waals surface area contributed by atoms with Crippen molar-refractivity contribution in [1.29, 1.82) is 0 Å². The second-order valence-electron chi connectivity index (χ2n) is 8.68. The molecule has 2 unspecified atom stereocenters. The number of carbonyl (C=O) groups is 1. The molecule has 2 fully saturated rings. The van der Waals surface area contributed by atoms with Gasteiger partial charge in [0.2, 0.25) is 0 Å². The Morgan fingerprint density at radius 2 is 1.77 bits per heavy atom. The summed E-state index contributed by atoms with van der Waals surface area (Å²) in [6.45, 7) is 5.41. The van der Waals surface area contributed by atoms with E-state index in [1.165, 1.54) is 24.0 Å². The second-order valence-corrected chi connectivity index (χ2v) is 8.68. The Morgan fingerprint density at radius 1 is 1.03 bits per heavy atom. The molecule has 3 heterocycles. The number of piperidine rings is 1. The Hall–Kier alpha value is -2.79. The van der Waals surface area contributed by atoms with Crippen LogP contribution >= 0.6 is 0 Å². The number of rotatable bonds is 4. The van der Waals surface area contributed by atoms with Gasteiger partial charge in [0.1, 0.15) is 17.2 Å². The number of nitrogens with one attached hydrogen (secondary N) is 1. The Morgan fingerprint density at radius 3 is 2.45 bits per heavy atom. The first-order chi connectivity index (χ1) is 15.1. The van der Waals surface area contributed by atoms with Crippen LogP contribution in [-0.4, -0.2) is 43.1 Å². The topological polar surface area (TPSA) is 50.8 Å². The summed E-state index contributed by atoms with van der Waals surface area (Å²) in [6, 6.07) is 13.1. The first kappa shape index (κ1) is 20.1. The predicted octanol–water partition coefficient (Wildman–Crippen LogP) is 5.00. The van der Waals surface area contributed by atoms with Crippen molar-refractivity contribution in [1.82, 2.24) is 10.2 Å². The van der Waals surface area contributed by atoms with Crippen LogP contribution in [0.25, 0.3) is 5.57 Å². The highest BCUT2D eigenvalue weighted by Crippen LogP contribution is 2.49. The van der Waals surface area contributed by atoms with Crippen LogP contribution in [0.5, 0.6) is 17.2 Å². The molecule has 5 rings (SSSR count). The van der Waals surface area contributed by atoms with Crippen molar-refractivity contribution in [3.63, 3.8) is 0 Å². The normalized spacial score (nSPS) is 21.3. The molecule has 1 amide bonds. The molecule has 0 aliphatic carbocycles. The van der Waals surface area contributed by atoms with Crippen molar-refractivity contribution in [2.45, 2.75) is 51.6 Å². The van der Waals surface area contributed by atoms with Crippen LogP contribution in [0.1, 0.15) is 61.0 Å². The monoisotopic (exact) mass is 418 g/mol. The summed E-state index contributed by atoms with van der Waals surface area (Å²) < 4.78 is 11.8. The van der Waals surface area contributed by atoms with Crippen LogP contribution in [0.4, 0.5) is 0 Å². The maximum absolute atomic E-state index is 12.9. The number of hydrogen-bond acceptors (Lipinski definition) is 4. The molecule has 2 aromatic rings. The summed E-state index contributed by atoms with van der Waals surface area (Å²) >= 11 is 0. The van der Waals surface area contributed by atoms with Crippen LogP contribution in [0.3, 0.4) is 0 Å². The van der Waals surface area contributed by atoms with E-state index < -0.39 is 0 Å². The van der Waals surface area contributed by atoms with Crippen molar-refractivity contribution < 1.29 is 14.3 Å². The molecule has 0 saturated carbocycles. The maximum atomic E-state index is 12.9. The number of carbonyl (C=O) groups excluding carboxylic acids is 1. The minimum Gasteiger partial charge on any atom is -0.497 e. The molecule has 2 atom stereocenters. The average molecular weight is 419 g/mol. The van der Waals surface area contributed by atoms with Crippen molar-refractivity contribution in [3.8, 4) is 17.2 Å². The van der Waals surface area contributed by atoms with E-state index in [1.807, 2.05) is 43.0 Å². The summed E-state index contributed by atoms with van der Waals surface area (Å²) in [5.41, 5.74) is 5.58. The summed E-state index contributed by atoms with van der Waals surface area (Å²) in [5, 5.41) is 3.74. The van der Waals surface area contributed by atoms with Crippen molar-refractivity contribution in [2.75, 3.05) is 20.2 Å². The molecule has 0 spiro atoms. The first-order valence-electron chi connectivity index (χ1n) is 11.4. The lowest BCUT2D eigenvalue weighted by atomic mass is 9.84. The Bertz CT molecular complexity index is 1040. The highest BCUT2D eigenvalue weighted by atomic mass is 16.5. The third-order valence-electron chi connectivity index (χ3n) is 6.90. The lowest BCUT2D eigenvalue weighted by Crippen LogP contribution is -2.35. The summed E-state index contributed by atoms with van der Waals surface area (Å²) in [6.07, 6.45) is 4.60. The summed E-state index contributed by atoms with van der Waals surface area (Å²) in [7, 11) is 1.70. The number of amides is 1. The van der Waals surface area contributed by atoms with Crippen LogP contribution in [0.15, 0.2) is 42.0 Å². The fourth-order valence-electron chi connectivity index (χ4n) is 5.31. The zero-order chi connectivity index (χ0) is 21.5. The fraction of sp³-hybridized carbons (Fsp3) is 0.423. The molecule has 1 N–H and O–H groups in total. The first-order valence-corrected chi connectivity index (χ1v) is 11.4. The van der Waals surface area contributed by atoms with E-state index in [0.29, 0.717) is 30.7 Å². The molecule has 3 aliphatic rings. The molecular weight excluding hydrogens is 388 g/mol. The quantitative estimate of drug-likeness (QED) is 0.648. The zero-order valence-corrected chi connectivity index (χ0v) is 18.5. The number of hydrogen-bond donors (Lipinski definition) is 1. The van der Waals surface area contributed by atoms with E-state index in [-0.39, 0.29) is 5.91 Å². The number of nitrogens with zero attached hydrogens (tertiary/aromatic N) is 1. The zero-order valence-electron chi connectivity index (χ0n) is 18.5. The van der Waals surface area contributed by atoms with Crippen LogP contribution in [-0.2, 0) is 0 Å². The second kappa shape index (κ2) is 8.04. The van der Waals surface area contributed by atoms with Gasteiger partial charge in [-0.2, -0.15) is 0 Å². The van der Waals surface area contributed by atoms with Gasteiger partial charge in [-0.15, -0.1) is 0 Å². The third kappa shape index (κ3) is 3.51. The Labute approximate surface area is 184 Å². The average Bonchev–Trinajstić information content (AvgIpc) is 3.14. The van der Waals surface area contributed by atoms with Gasteiger partial charge in [0.05, 0.1) is 7.11 Å². The van der Waals surface area contributed by atoms with Crippen molar-refractivity contribution in [3.05, 3.63) is 58.7 Å². The van der Waals surface area contributed by atoms with E-state index >= 15 is 0 Å². The molecule has 2 saturated heterocycles. The van der Waals surface area contributed by atoms with E-state index in [2.05, 4.69) is 17.4 Å². The fourth-order valence-corrected chi connectivity index (χ4v) is 5.31. The van der Waals surface area contributed by atoms with Crippen molar-refractivity contribution in [2.24, 2.45) is 0 Å². The number of benzene rings is 2. The lowest BCUT2D eigenvalue weighted by Gasteiger charge is -2.31. The Kier molecular flexibility index (Phi) is 5.22. The molecule has 3 aliphatic heterocycles. The molecule has 2 aromatic carbocycles. The number of ether oxygens (including phenoxy) is 2. The molecule has 5 nitrogen and oxygen atoms in total. The predicted molar refractivity (Wildman–Crippen MR) is 122 cm³/mol. The lowest BCUT2D eigenvalue weighted by molar-refractivity contribution is 0.0772. The van der Waals surface area contributed by atoms with Gasteiger partial charge in [-0.3, -0.25) is 4.79 Å². The van der Waals surface area contributed by atoms with Gasteiger partial charge in [0.25, 0.3) is 5.91 Å². The highest BCUT2D eigenvalue weighted by molar-refractivity contribution is 5.97. The standard InChI is InChI=1S/C26H30N2O3/c1-4-28(5-2)26(29)16-6-10-21-24(14-16)31-23-11-9-20(30-3)15-22(23)25(21)17-12-18-7-8-19(13-17)27-18/h6,9-11,14-15,18-19,27H,4-5,7-8,12-13H2,1-3H3. The maximum Gasteiger partial charge on any atom is 0.253 e. The van der Waals surface area contributed by atoms with E-state index in [4.69, 9.17) is 9.47 Å². The molecule has 162 valence electrons. The largest absolute Gasteiger partial charge is 0.497 e. The molecule has 2 bridgehead atoms.